The molecular formula is C12H12F3NO2. The fourth-order valence-corrected chi connectivity index (χ4v) is 2.26. The van der Waals surface area contributed by atoms with E-state index in [1.807, 2.05) is 0 Å². The molecule has 1 aliphatic rings. The molecule has 1 aromatic carbocycles. The molecule has 18 heavy (non-hydrogen) atoms. The highest BCUT2D eigenvalue weighted by molar-refractivity contribution is 5.82. The number of nitrogens with zero attached hydrogens (tertiary/aromatic N) is 1. The van der Waals surface area contributed by atoms with Gasteiger partial charge in [0, 0.05) is 6.54 Å². The highest BCUT2D eigenvalue weighted by atomic mass is 19.4. The van der Waals surface area contributed by atoms with E-state index in [0.717, 1.165) is 10.5 Å². The van der Waals surface area contributed by atoms with Crippen molar-refractivity contribution in [3.8, 4) is 5.75 Å². The molecule has 0 aromatic heterocycles. The second-order valence-corrected chi connectivity index (χ2v) is 4.31. The number of rotatable bonds is 0. The first kappa shape index (κ1) is 12.7. The van der Waals surface area contributed by atoms with Crippen LogP contribution in [0, 0.1) is 0 Å². The van der Waals surface area contributed by atoms with E-state index >= 15 is 0 Å². The van der Waals surface area contributed by atoms with Gasteiger partial charge in [-0.1, -0.05) is 6.07 Å². The number of amides is 1. The Hall–Kier alpha value is -1.72. The molecule has 1 atom stereocenters. The Labute approximate surface area is 102 Å². The minimum absolute atomic E-state index is 0.00988. The van der Waals surface area contributed by atoms with E-state index in [0.29, 0.717) is 12.0 Å². The number of phenolic OH excluding ortho intramolecular Hbond substituents is 1. The molecule has 1 N–H and O–H groups in total. The Morgan fingerprint density at radius 3 is 2.72 bits per heavy atom. The normalized spacial score (nSPS) is 19.6. The summed E-state index contributed by atoms with van der Waals surface area (Å²) in [5.41, 5.74) is 1.44. The predicted molar refractivity (Wildman–Crippen MR) is 58.0 cm³/mol. The fourth-order valence-electron chi connectivity index (χ4n) is 2.26. The highest BCUT2D eigenvalue weighted by Gasteiger charge is 2.45. The summed E-state index contributed by atoms with van der Waals surface area (Å²) in [5, 5.41) is 9.32. The van der Waals surface area contributed by atoms with E-state index in [9.17, 15) is 23.1 Å². The number of alkyl halides is 3. The van der Waals surface area contributed by atoms with Gasteiger partial charge in [0.05, 0.1) is 6.04 Å². The van der Waals surface area contributed by atoms with Crippen LogP contribution in [0.4, 0.5) is 13.2 Å². The first-order valence-corrected chi connectivity index (χ1v) is 5.50. The SMILES string of the molecule is CC1c2ccc(O)cc2CCN1C(=O)C(F)(F)F. The molecule has 0 bridgehead atoms. The predicted octanol–water partition coefficient (Wildman–Crippen LogP) is 2.40. The van der Waals surface area contributed by atoms with Crippen LogP contribution in [0.25, 0.3) is 0 Å². The van der Waals surface area contributed by atoms with Gasteiger partial charge in [-0.15, -0.1) is 0 Å². The molecule has 0 radical (unpaired) electrons. The van der Waals surface area contributed by atoms with Gasteiger partial charge < -0.3 is 10.0 Å². The van der Waals surface area contributed by atoms with E-state index in [4.69, 9.17) is 0 Å². The van der Waals surface area contributed by atoms with Crippen LogP contribution in [0.5, 0.6) is 5.75 Å². The topological polar surface area (TPSA) is 40.5 Å². The van der Waals surface area contributed by atoms with Crippen LogP contribution in [-0.2, 0) is 11.2 Å². The van der Waals surface area contributed by atoms with Gasteiger partial charge in [0.15, 0.2) is 0 Å². The molecule has 1 aliphatic heterocycles. The van der Waals surface area contributed by atoms with Gasteiger partial charge in [0.1, 0.15) is 5.75 Å². The van der Waals surface area contributed by atoms with Crippen molar-refractivity contribution in [2.75, 3.05) is 6.54 Å². The third kappa shape index (κ3) is 2.14. The van der Waals surface area contributed by atoms with Crippen molar-refractivity contribution in [1.29, 1.82) is 0 Å². The second kappa shape index (κ2) is 4.19. The summed E-state index contributed by atoms with van der Waals surface area (Å²) in [5.74, 6) is -1.73. The smallest absolute Gasteiger partial charge is 0.471 e. The Balaban J connectivity index is 2.31. The van der Waals surface area contributed by atoms with Crippen LogP contribution in [0.1, 0.15) is 24.1 Å². The maximum absolute atomic E-state index is 12.4. The van der Waals surface area contributed by atoms with Crippen LogP contribution in [-0.4, -0.2) is 28.6 Å². The Bertz CT molecular complexity index is 485. The van der Waals surface area contributed by atoms with Crippen molar-refractivity contribution >= 4 is 5.91 Å². The number of carbonyl (C=O) groups is 1. The van der Waals surface area contributed by atoms with E-state index in [1.165, 1.54) is 12.1 Å². The van der Waals surface area contributed by atoms with Gasteiger partial charge in [0.25, 0.3) is 0 Å². The maximum atomic E-state index is 12.4. The van der Waals surface area contributed by atoms with Gasteiger partial charge in [-0.2, -0.15) is 13.2 Å². The summed E-state index contributed by atoms with van der Waals surface area (Å²) in [6, 6.07) is 3.87. The average molecular weight is 259 g/mol. The Morgan fingerprint density at radius 2 is 2.11 bits per heavy atom. The van der Waals surface area contributed by atoms with Crippen molar-refractivity contribution in [2.24, 2.45) is 0 Å². The first-order chi connectivity index (χ1) is 8.30. The third-order valence-corrected chi connectivity index (χ3v) is 3.17. The first-order valence-electron chi connectivity index (χ1n) is 5.50. The van der Waals surface area contributed by atoms with Crippen LogP contribution in [0.3, 0.4) is 0 Å². The lowest BCUT2D eigenvalue weighted by atomic mass is 9.93. The Kier molecular flexibility index (Phi) is 2.96. The van der Waals surface area contributed by atoms with E-state index in [1.54, 1.807) is 13.0 Å². The summed E-state index contributed by atoms with van der Waals surface area (Å²) in [6.07, 6.45) is -4.53. The number of hydrogen-bond donors (Lipinski definition) is 1. The third-order valence-electron chi connectivity index (χ3n) is 3.17. The summed E-state index contributed by atoms with van der Waals surface area (Å²) in [4.78, 5) is 12.1. The number of halogens is 3. The molecule has 2 rings (SSSR count). The quantitative estimate of drug-likeness (QED) is 0.777. The average Bonchev–Trinajstić information content (AvgIpc) is 2.27. The lowest BCUT2D eigenvalue weighted by Crippen LogP contribution is -2.45. The molecule has 3 nitrogen and oxygen atoms in total. The zero-order valence-electron chi connectivity index (χ0n) is 9.66. The summed E-state index contributed by atoms with van der Waals surface area (Å²) >= 11 is 0. The standard InChI is InChI=1S/C12H12F3NO2/c1-7-10-3-2-9(17)6-8(10)4-5-16(7)11(18)12(13,14)15/h2-3,6-7,17H,4-5H2,1H3. The fraction of sp³-hybridized carbons (Fsp3) is 0.417. The molecule has 1 amide bonds. The van der Waals surface area contributed by atoms with Crippen LogP contribution >= 0.6 is 0 Å². The molecular weight excluding hydrogens is 247 g/mol. The lowest BCUT2D eigenvalue weighted by Gasteiger charge is -2.35. The van der Waals surface area contributed by atoms with Gasteiger partial charge in [-0.25, -0.2) is 0 Å². The van der Waals surface area contributed by atoms with Crippen LogP contribution in [0.2, 0.25) is 0 Å². The van der Waals surface area contributed by atoms with Gasteiger partial charge in [0.2, 0.25) is 0 Å². The zero-order valence-corrected chi connectivity index (χ0v) is 9.66. The molecule has 1 aromatic rings. The van der Waals surface area contributed by atoms with Crippen molar-refractivity contribution in [3.05, 3.63) is 29.3 Å². The molecule has 0 aliphatic carbocycles. The molecule has 6 heteroatoms. The van der Waals surface area contributed by atoms with Crippen molar-refractivity contribution in [3.63, 3.8) is 0 Å². The summed E-state index contributed by atoms with van der Waals surface area (Å²) < 4.78 is 37.2. The molecule has 0 saturated carbocycles. The molecule has 1 heterocycles. The van der Waals surface area contributed by atoms with Gasteiger partial charge in [-0.3, -0.25) is 4.79 Å². The number of hydrogen-bond acceptors (Lipinski definition) is 2. The summed E-state index contributed by atoms with van der Waals surface area (Å²) in [6.45, 7) is 1.56. The largest absolute Gasteiger partial charge is 0.508 e. The second-order valence-electron chi connectivity index (χ2n) is 4.31. The number of fused-ring (bicyclic) bond motifs is 1. The highest BCUT2D eigenvalue weighted by Crippen LogP contribution is 2.34. The van der Waals surface area contributed by atoms with E-state index < -0.39 is 18.1 Å². The number of benzene rings is 1. The minimum atomic E-state index is -4.84. The molecule has 98 valence electrons. The Morgan fingerprint density at radius 1 is 1.44 bits per heavy atom. The van der Waals surface area contributed by atoms with E-state index in [-0.39, 0.29) is 12.3 Å². The van der Waals surface area contributed by atoms with Crippen molar-refractivity contribution in [2.45, 2.75) is 25.6 Å². The number of carbonyl (C=O) groups excluding carboxylic acids is 1. The zero-order chi connectivity index (χ0) is 13.5. The van der Waals surface area contributed by atoms with Gasteiger partial charge >= 0.3 is 12.1 Å². The molecule has 0 saturated heterocycles. The van der Waals surface area contributed by atoms with E-state index in [2.05, 4.69) is 0 Å². The molecule has 0 fully saturated rings. The summed E-state index contributed by atoms with van der Waals surface area (Å²) in [7, 11) is 0. The van der Waals surface area contributed by atoms with Crippen molar-refractivity contribution in [1.82, 2.24) is 4.90 Å². The molecule has 1 unspecified atom stereocenters. The lowest BCUT2D eigenvalue weighted by molar-refractivity contribution is -0.188. The number of phenols is 1. The van der Waals surface area contributed by atoms with Crippen molar-refractivity contribution < 1.29 is 23.1 Å². The maximum Gasteiger partial charge on any atom is 0.471 e. The monoisotopic (exact) mass is 259 g/mol. The minimum Gasteiger partial charge on any atom is -0.508 e. The van der Waals surface area contributed by atoms with Crippen LogP contribution < -0.4 is 0 Å². The van der Waals surface area contributed by atoms with Crippen LogP contribution in [0.15, 0.2) is 18.2 Å². The number of aromatic hydroxyl groups is 1. The van der Waals surface area contributed by atoms with Gasteiger partial charge in [-0.05, 0) is 36.6 Å². The molecule has 0 spiro atoms.